The van der Waals surface area contributed by atoms with Crippen molar-refractivity contribution in [2.24, 2.45) is 5.73 Å². The number of nitrogens with zero attached hydrogens (tertiary/aromatic N) is 1. The summed E-state index contributed by atoms with van der Waals surface area (Å²) in [7, 11) is 0. The summed E-state index contributed by atoms with van der Waals surface area (Å²) in [5, 5.41) is 0. The number of rotatable bonds is 5. The number of halogens is 1. The molecule has 0 radical (unpaired) electrons. The summed E-state index contributed by atoms with van der Waals surface area (Å²) in [5.41, 5.74) is 9.85. The van der Waals surface area contributed by atoms with Crippen LogP contribution in [0, 0.1) is 13.8 Å². The molecule has 106 valence electrons. The predicted molar refractivity (Wildman–Crippen MR) is 84.9 cm³/mol. The van der Waals surface area contributed by atoms with Crippen LogP contribution in [-0.2, 0) is 13.0 Å². The zero-order valence-electron chi connectivity index (χ0n) is 11.8. The Labute approximate surface area is 128 Å². The number of aromatic nitrogens is 1. The summed E-state index contributed by atoms with van der Waals surface area (Å²) in [5.74, 6) is 0.918. The number of ether oxygens (including phenoxy) is 1. The average molecular weight is 335 g/mol. The second-order valence-corrected chi connectivity index (χ2v) is 5.72. The standard InChI is InChI=1S/C16H19BrN2O/c1-11-8-14(17)9-13(6-7-18)16(11)20-10-15-5-3-4-12(2)19-15/h3-5,8-9H,6-7,10,18H2,1-2H3. The topological polar surface area (TPSA) is 48.1 Å². The lowest BCUT2D eigenvalue weighted by atomic mass is 10.1. The fourth-order valence-electron chi connectivity index (χ4n) is 2.17. The van der Waals surface area contributed by atoms with Crippen LogP contribution in [-0.4, -0.2) is 11.5 Å². The van der Waals surface area contributed by atoms with E-state index in [0.29, 0.717) is 13.2 Å². The van der Waals surface area contributed by atoms with Crippen molar-refractivity contribution in [3.63, 3.8) is 0 Å². The third kappa shape index (κ3) is 3.81. The summed E-state index contributed by atoms with van der Waals surface area (Å²) in [6.07, 6.45) is 0.802. The van der Waals surface area contributed by atoms with E-state index in [1.807, 2.05) is 32.0 Å². The Hall–Kier alpha value is -1.39. The van der Waals surface area contributed by atoms with Gasteiger partial charge in [-0.15, -0.1) is 0 Å². The van der Waals surface area contributed by atoms with Crippen LogP contribution in [0.1, 0.15) is 22.5 Å². The van der Waals surface area contributed by atoms with Crippen LogP contribution in [0.3, 0.4) is 0 Å². The molecule has 0 fully saturated rings. The molecule has 0 spiro atoms. The smallest absolute Gasteiger partial charge is 0.130 e. The number of aryl methyl sites for hydroxylation is 2. The number of hydrogen-bond acceptors (Lipinski definition) is 3. The van der Waals surface area contributed by atoms with E-state index in [-0.39, 0.29) is 0 Å². The largest absolute Gasteiger partial charge is 0.487 e. The first-order chi connectivity index (χ1) is 9.60. The first-order valence-corrected chi connectivity index (χ1v) is 7.44. The van der Waals surface area contributed by atoms with E-state index >= 15 is 0 Å². The molecule has 0 atom stereocenters. The molecule has 20 heavy (non-hydrogen) atoms. The van der Waals surface area contributed by atoms with Crippen molar-refractivity contribution in [2.45, 2.75) is 26.9 Å². The molecule has 0 saturated carbocycles. The van der Waals surface area contributed by atoms with Crippen molar-refractivity contribution < 1.29 is 4.74 Å². The molecule has 0 aliphatic rings. The predicted octanol–water partition coefficient (Wildman–Crippen LogP) is 3.54. The molecular weight excluding hydrogens is 316 g/mol. The van der Waals surface area contributed by atoms with E-state index in [9.17, 15) is 0 Å². The Morgan fingerprint density at radius 2 is 2.05 bits per heavy atom. The van der Waals surface area contributed by atoms with Crippen LogP contribution < -0.4 is 10.5 Å². The Kier molecular flexibility index (Phi) is 5.15. The van der Waals surface area contributed by atoms with Gasteiger partial charge in [0.05, 0.1) is 5.69 Å². The summed E-state index contributed by atoms with van der Waals surface area (Å²) in [6, 6.07) is 10.1. The Bertz CT molecular complexity index is 599. The van der Waals surface area contributed by atoms with E-state index in [4.69, 9.17) is 10.5 Å². The minimum atomic E-state index is 0.474. The Morgan fingerprint density at radius 1 is 1.25 bits per heavy atom. The molecule has 1 aromatic carbocycles. The monoisotopic (exact) mass is 334 g/mol. The molecule has 0 saturated heterocycles. The van der Waals surface area contributed by atoms with E-state index in [1.165, 1.54) is 0 Å². The van der Waals surface area contributed by atoms with Gasteiger partial charge in [-0.1, -0.05) is 22.0 Å². The maximum atomic E-state index is 5.98. The second kappa shape index (κ2) is 6.86. The summed E-state index contributed by atoms with van der Waals surface area (Å²) in [6.45, 7) is 5.11. The van der Waals surface area contributed by atoms with Gasteiger partial charge in [-0.3, -0.25) is 4.98 Å². The maximum absolute atomic E-state index is 5.98. The molecule has 0 aliphatic heterocycles. The third-order valence-electron chi connectivity index (χ3n) is 3.04. The molecule has 0 aliphatic carbocycles. The van der Waals surface area contributed by atoms with Gasteiger partial charge in [-0.2, -0.15) is 0 Å². The van der Waals surface area contributed by atoms with Gasteiger partial charge in [0.15, 0.2) is 0 Å². The van der Waals surface area contributed by atoms with Crippen LogP contribution in [0.25, 0.3) is 0 Å². The summed E-state index contributed by atoms with van der Waals surface area (Å²) < 4.78 is 7.03. The summed E-state index contributed by atoms with van der Waals surface area (Å²) >= 11 is 3.51. The lowest BCUT2D eigenvalue weighted by molar-refractivity contribution is 0.296. The molecular formula is C16H19BrN2O. The number of hydrogen-bond donors (Lipinski definition) is 1. The number of benzene rings is 1. The van der Waals surface area contributed by atoms with Crippen molar-refractivity contribution >= 4 is 15.9 Å². The molecule has 0 unspecified atom stereocenters. The first-order valence-electron chi connectivity index (χ1n) is 6.64. The highest BCUT2D eigenvalue weighted by Gasteiger charge is 2.09. The van der Waals surface area contributed by atoms with Crippen LogP contribution >= 0.6 is 15.9 Å². The first kappa shape index (κ1) is 15.0. The molecule has 0 amide bonds. The van der Waals surface area contributed by atoms with Crippen LogP contribution in [0.5, 0.6) is 5.75 Å². The van der Waals surface area contributed by atoms with E-state index in [1.54, 1.807) is 0 Å². The van der Waals surface area contributed by atoms with Gasteiger partial charge in [-0.25, -0.2) is 0 Å². The fraction of sp³-hybridized carbons (Fsp3) is 0.312. The molecule has 4 heteroatoms. The van der Waals surface area contributed by atoms with Gasteiger partial charge in [0.25, 0.3) is 0 Å². The van der Waals surface area contributed by atoms with Crippen molar-refractivity contribution in [2.75, 3.05) is 6.54 Å². The molecule has 0 bridgehead atoms. The van der Waals surface area contributed by atoms with Gasteiger partial charge < -0.3 is 10.5 Å². The third-order valence-corrected chi connectivity index (χ3v) is 3.50. The van der Waals surface area contributed by atoms with Gasteiger partial charge >= 0.3 is 0 Å². The minimum absolute atomic E-state index is 0.474. The van der Waals surface area contributed by atoms with Crippen molar-refractivity contribution in [1.29, 1.82) is 0 Å². The van der Waals surface area contributed by atoms with Crippen molar-refractivity contribution in [1.82, 2.24) is 4.98 Å². The van der Waals surface area contributed by atoms with Crippen LogP contribution in [0.4, 0.5) is 0 Å². The highest BCUT2D eigenvalue weighted by molar-refractivity contribution is 9.10. The number of nitrogens with two attached hydrogens (primary N) is 1. The molecule has 2 N–H and O–H groups in total. The van der Waals surface area contributed by atoms with E-state index in [2.05, 4.69) is 33.0 Å². The Morgan fingerprint density at radius 3 is 2.75 bits per heavy atom. The van der Waals surface area contributed by atoms with Crippen molar-refractivity contribution in [3.8, 4) is 5.75 Å². The zero-order chi connectivity index (χ0) is 14.5. The van der Waals surface area contributed by atoms with E-state index < -0.39 is 0 Å². The highest BCUT2D eigenvalue weighted by Crippen LogP contribution is 2.29. The zero-order valence-corrected chi connectivity index (χ0v) is 13.4. The van der Waals surface area contributed by atoms with Crippen molar-refractivity contribution in [3.05, 3.63) is 57.3 Å². The highest BCUT2D eigenvalue weighted by atomic mass is 79.9. The Balaban J connectivity index is 2.20. The minimum Gasteiger partial charge on any atom is -0.487 e. The lowest BCUT2D eigenvalue weighted by Crippen LogP contribution is -2.07. The second-order valence-electron chi connectivity index (χ2n) is 4.81. The lowest BCUT2D eigenvalue weighted by Gasteiger charge is -2.14. The van der Waals surface area contributed by atoms with Gasteiger partial charge in [0, 0.05) is 10.2 Å². The average Bonchev–Trinajstić information content (AvgIpc) is 2.38. The summed E-state index contributed by atoms with van der Waals surface area (Å²) in [4.78, 5) is 4.45. The van der Waals surface area contributed by atoms with Gasteiger partial charge in [0.2, 0.25) is 0 Å². The molecule has 1 aromatic heterocycles. The SMILES string of the molecule is Cc1cccc(COc2c(C)cc(Br)cc2CCN)n1. The molecule has 2 rings (SSSR count). The quantitative estimate of drug-likeness (QED) is 0.909. The van der Waals surface area contributed by atoms with Crippen LogP contribution in [0.15, 0.2) is 34.8 Å². The van der Waals surface area contributed by atoms with E-state index in [0.717, 1.165) is 39.2 Å². The normalized spacial score (nSPS) is 10.6. The fourth-order valence-corrected chi connectivity index (χ4v) is 2.79. The van der Waals surface area contributed by atoms with Gasteiger partial charge in [0.1, 0.15) is 12.4 Å². The number of pyridine rings is 1. The maximum Gasteiger partial charge on any atom is 0.130 e. The molecule has 3 nitrogen and oxygen atoms in total. The molecule has 1 heterocycles. The molecule has 2 aromatic rings. The van der Waals surface area contributed by atoms with Gasteiger partial charge in [-0.05, 0) is 62.2 Å². The van der Waals surface area contributed by atoms with Crippen LogP contribution in [0.2, 0.25) is 0 Å².